The zero-order valence-corrected chi connectivity index (χ0v) is 10.4. The van der Waals surface area contributed by atoms with Crippen LogP contribution >= 0.6 is 11.6 Å². The molecule has 0 aliphatic heterocycles. The summed E-state index contributed by atoms with van der Waals surface area (Å²) < 4.78 is 0. The first-order valence-corrected chi connectivity index (χ1v) is 5.60. The van der Waals surface area contributed by atoms with Crippen molar-refractivity contribution < 1.29 is 4.79 Å². The van der Waals surface area contributed by atoms with E-state index in [0.717, 1.165) is 0 Å². The average Bonchev–Trinajstić information content (AvgIpc) is 2.33. The van der Waals surface area contributed by atoms with Gasteiger partial charge in [0.2, 0.25) is 0 Å². The van der Waals surface area contributed by atoms with Crippen LogP contribution in [0, 0.1) is 6.92 Å². The molecule has 0 radical (unpaired) electrons. The van der Waals surface area contributed by atoms with E-state index in [-0.39, 0.29) is 5.91 Å². The Balaban J connectivity index is 2.18. The van der Waals surface area contributed by atoms with Gasteiger partial charge < -0.3 is 11.1 Å². The van der Waals surface area contributed by atoms with Crippen LogP contribution in [0.1, 0.15) is 16.2 Å². The molecule has 0 saturated carbocycles. The molecule has 2 aromatic heterocycles. The smallest absolute Gasteiger partial charge is 0.274 e. The highest BCUT2D eigenvalue weighted by Gasteiger charge is 2.09. The fourth-order valence-corrected chi connectivity index (χ4v) is 1.58. The lowest BCUT2D eigenvalue weighted by Crippen LogP contribution is -2.14. The summed E-state index contributed by atoms with van der Waals surface area (Å²) >= 11 is 5.74. The van der Waals surface area contributed by atoms with E-state index < -0.39 is 0 Å². The number of amides is 1. The molecule has 0 atom stereocenters. The van der Waals surface area contributed by atoms with E-state index in [0.29, 0.717) is 27.9 Å². The fraction of sp³-hybridized carbons (Fsp3) is 0.0833. The Labute approximate surface area is 109 Å². The zero-order chi connectivity index (χ0) is 13.1. The third-order valence-electron chi connectivity index (χ3n) is 2.32. The van der Waals surface area contributed by atoms with Gasteiger partial charge in [-0.2, -0.15) is 0 Å². The molecule has 92 valence electrons. The van der Waals surface area contributed by atoms with Crippen molar-refractivity contribution in [3.05, 3.63) is 47.0 Å². The molecule has 2 rings (SSSR count). The van der Waals surface area contributed by atoms with Crippen molar-refractivity contribution in [3.63, 3.8) is 0 Å². The molecule has 0 fully saturated rings. The summed E-state index contributed by atoms with van der Waals surface area (Å²) in [5, 5.41) is 3.10. The molecule has 0 saturated heterocycles. The summed E-state index contributed by atoms with van der Waals surface area (Å²) in [6.45, 7) is 1.76. The summed E-state index contributed by atoms with van der Waals surface area (Å²) in [7, 11) is 0. The molecular weight excluding hydrogens is 252 g/mol. The van der Waals surface area contributed by atoms with Gasteiger partial charge in [0.05, 0.1) is 23.3 Å². The maximum Gasteiger partial charge on any atom is 0.274 e. The molecule has 0 aliphatic rings. The van der Waals surface area contributed by atoms with Crippen molar-refractivity contribution in [2.24, 2.45) is 0 Å². The second kappa shape index (κ2) is 5.01. The van der Waals surface area contributed by atoms with E-state index in [9.17, 15) is 4.79 Å². The number of anilines is 2. The van der Waals surface area contributed by atoms with Crippen molar-refractivity contribution >= 4 is 28.9 Å². The Bertz CT molecular complexity index is 583. The number of hydrogen-bond donors (Lipinski definition) is 2. The Hall–Kier alpha value is -2.14. The van der Waals surface area contributed by atoms with Crippen molar-refractivity contribution in [1.82, 2.24) is 9.97 Å². The first kappa shape index (κ1) is 12.3. The normalized spacial score (nSPS) is 10.1. The van der Waals surface area contributed by atoms with Gasteiger partial charge in [-0.3, -0.25) is 4.79 Å². The number of aryl methyl sites for hydroxylation is 1. The van der Waals surface area contributed by atoms with E-state index in [1.54, 1.807) is 31.2 Å². The maximum absolute atomic E-state index is 11.9. The standard InChI is InChI=1S/C12H11ClN4O/c1-7-9(4-5-11(13)16-7)17-12(18)10-3-2-8(14)6-15-10/h2-6H,14H2,1H3,(H,17,18). The molecule has 1 amide bonds. The molecule has 0 bridgehead atoms. The Morgan fingerprint density at radius 2 is 2.11 bits per heavy atom. The van der Waals surface area contributed by atoms with Crippen LogP contribution in [-0.2, 0) is 0 Å². The largest absolute Gasteiger partial charge is 0.397 e. The van der Waals surface area contributed by atoms with Gasteiger partial charge in [0, 0.05) is 0 Å². The number of pyridine rings is 2. The van der Waals surface area contributed by atoms with E-state index in [1.165, 1.54) is 6.20 Å². The van der Waals surface area contributed by atoms with Crippen molar-refractivity contribution in [2.75, 3.05) is 11.1 Å². The minimum atomic E-state index is -0.317. The number of hydrogen-bond acceptors (Lipinski definition) is 4. The summed E-state index contributed by atoms with van der Waals surface area (Å²) in [4.78, 5) is 19.9. The van der Waals surface area contributed by atoms with E-state index in [1.807, 2.05) is 0 Å². The van der Waals surface area contributed by atoms with Crippen LogP contribution in [0.25, 0.3) is 0 Å². The van der Waals surface area contributed by atoms with Gasteiger partial charge in [-0.1, -0.05) is 11.6 Å². The highest BCUT2D eigenvalue weighted by Crippen LogP contribution is 2.16. The van der Waals surface area contributed by atoms with E-state index in [2.05, 4.69) is 15.3 Å². The quantitative estimate of drug-likeness (QED) is 0.814. The average molecular weight is 263 g/mol. The lowest BCUT2D eigenvalue weighted by molar-refractivity contribution is 0.102. The Morgan fingerprint density at radius 3 is 2.72 bits per heavy atom. The second-order valence-electron chi connectivity index (χ2n) is 3.70. The number of rotatable bonds is 2. The van der Waals surface area contributed by atoms with Crippen LogP contribution < -0.4 is 11.1 Å². The number of nitrogens with zero attached hydrogens (tertiary/aromatic N) is 2. The predicted molar refractivity (Wildman–Crippen MR) is 70.6 cm³/mol. The molecule has 0 aromatic carbocycles. The number of halogens is 1. The Morgan fingerprint density at radius 1 is 1.33 bits per heavy atom. The van der Waals surface area contributed by atoms with Crippen LogP contribution in [0.5, 0.6) is 0 Å². The first-order valence-electron chi connectivity index (χ1n) is 5.22. The fourth-order valence-electron chi connectivity index (χ4n) is 1.39. The molecule has 0 spiro atoms. The monoisotopic (exact) mass is 262 g/mol. The van der Waals surface area contributed by atoms with Crippen molar-refractivity contribution in [3.8, 4) is 0 Å². The second-order valence-corrected chi connectivity index (χ2v) is 4.09. The predicted octanol–water partition coefficient (Wildman–Crippen LogP) is 2.27. The maximum atomic E-state index is 11.9. The highest BCUT2D eigenvalue weighted by molar-refractivity contribution is 6.29. The van der Waals surface area contributed by atoms with Crippen LogP contribution in [0.2, 0.25) is 5.15 Å². The van der Waals surface area contributed by atoms with Gasteiger partial charge in [0.25, 0.3) is 5.91 Å². The van der Waals surface area contributed by atoms with Crippen LogP contribution in [0.15, 0.2) is 30.5 Å². The van der Waals surface area contributed by atoms with Crippen LogP contribution in [0.3, 0.4) is 0 Å². The minimum Gasteiger partial charge on any atom is -0.397 e. The lowest BCUT2D eigenvalue weighted by atomic mass is 10.3. The SMILES string of the molecule is Cc1nc(Cl)ccc1NC(=O)c1ccc(N)cn1. The molecule has 0 aliphatic carbocycles. The highest BCUT2D eigenvalue weighted by atomic mass is 35.5. The van der Waals surface area contributed by atoms with Gasteiger partial charge in [0.15, 0.2) is 0 Å². The third kappa shape index (κ3) is 2.75. The van der Waals surface area contributed by atoms with Gasteiger partial charge in [-0.15, -0.1) is 0 Å². The number of carbonyl (C=O) groups is 1. The topological polar surface area (TPSA) is 80.9 Å². The first-order chi connectivity index (χ1) is 8.56. The van der Waals surface area contributed by atoms with Gasteiger partial charge in [-0.05, 0) is 31.2 Å². The number of nitrogen functional groups attached to an aromatic ring is 1. The molecule has 2 aromatic rings. The molecular formula is C12H11ClN4O. The van der Waals surface area contributed by atoms with Crippen LogP contribution in [-0.4, -0.2) is 15.9 Å². The zero-order valence-electron chi connectivity index (χ0n) is 9.64. The minimum absolute atomic E-state index is 0.290. The number of nitrogens with one attached hydrogen (secondary N) is 1. The molecule has 0 unspecified atom stereocenters. The van der Waals surface area contributed by atoms with Crippen LogP contribution in [0.4, 0.5) is 11.4 Å². The summed E-state index contributed by atoms with van der Waals surface area (Å²) in [5.74, 6) is -0.317. The number of carbonyl (C=O) groups excluding carboxylic acids is 1. The van der Waals surface area contributed by atoms with Gasteiger partial charge in [-0.25, -0.2) is 9.97 Å². The van der Waals surface area contributed by atoms with E-state index >= 15 is 0 Å². The molecule has 5 nitrogen and oxygen atoms in total. The van der Waals surface area contributed by atoms with Crippen molar-refractivity contribution in [1.29, 1.82) is 0 Å². The number of nitrogens with two attached hydrogens (primary N) is 1. The summed E-state index contributed by atoms with van der Waals surface area (Å²) in [5.41, 5.74) is 7.55. The molecule has 18 heavy (non-hydrogen) atoms. The molecule has 2 heterocycles. The lowest BCUT2D eigenvalue weighted by Gasteiger charge is -2.07. The number of aromatic nitrogens is 2. The van der Waals surface area contributed by atoms with E-state index in [4.69, 9.17) is 17.3 Å². The molecule has 6 heteroatoms. The molecule has 3 N–H and O–H groups in total. The summed E-state index contributed by atoms with van der Waals surface area (Å²) in [6.07, 6.45) is 1.43. The van der Waals surface area contributed by atoms with Gasteiger partial charge in [0.1, 0.15) is 10.8 Å². The summed E-state index contributed by atoms with van der Waals surface area (Å²) in [6, 6.07) is 6.48. The third-order valence-corrected chi connectivity index (χ3v) is 2.53. The van der Waals surface area contributed by atoms with Crippen molar-refractivity contribution in [2.45, 2.75) is 6.92 Å². The Kier molecular flexibility index (Phi) is 3.43. The van der Waals surface area contributed by atoms with Gasteiger partial charge >= 0.3 is 0 Å².